The number of hydrogen-bond donors (Lipinski definition) is 2. The van der Waals surface area contributed by atoms with Crippen LogP contribution in [0.25, 0.3) is 0 Å². The zero-order valence-electron chi connectivity index (χ0n) is 12.5. The van der Waals surface area contributed by atoms with Crippen LogP contribution in [-0.4, -0.2) is 40.3 Å². The number of ether oxygens (including phenoxy) is 1. The van der Waals surface area contributed by atoms with Gasteiger partial charge in [-0.2, -0.15) is 0 Å². The highest BCUT2D eigenvalue weighted by Crippen LogP contribution is 2.62. The molecule has 0 aromatic carbocycles. The van der Waals surface area contributed by atoms with Crippen molar-refractivity contribution in [1.29, 1.82) is 0 Å². The number of nitrogens with one attached hydrogen (secondary N) is 2. The van der Waals surface area contributed by atoms with Crippen LogP contribution in [0, 0.1) is 11.3 Å². The van der Waals surface area contributed by atoms with Crippen LogP contribution < -0.4 is 10.0 Å². The molecule has 22 heavy (non-hydrogen) atoms. The normalized spacial score (nSPS) is 32.5. The molecule has 5 nitrogen and oxygen atoms in total. The first kappa shape index (κ1) is 15.1. The van der Waals surface area contributed by atoms with Crippen LogP contribution in [0.15, 0.2) is 21.7 Å². The topological polar surface area (TPSA) is 67.4 Å². The van der Waals surface area contributed by atoms with Crippen LogP contribution in [0.2, 0.25) is 0 Å². The third-order valence-electron chi connectivity index (χ3n) is 5.58. The molecular formula is C15H22N2O3S2. The van der Waals surface area contributed by atoms with Crippen molar-refractivity contribution in [2.75, 3.05) is 19.7 Å². The van der Waals surface area contributed by atoms with Crippen LogP contribution in [0.5, 0.6) is 0 Å². The largest absolute Gasteiger partial charge is 0.377 e. The second-order valence-corrected chi connectivity index (χ2v) is 9.53. The molecule has 0 amide bonds. The molecule has 1 aromatic rings. The van der Waals surface area contributed by atoms with E-state index in [2.05, 4.69) is 10.0 Å². The lowest BCUT2D eigenvalue weighted by Crippen LogP contribution is -2.71. The number of fused-ring (bicyclic) bond motifs is 2. The average Bonchev–Trinajstić information content (AvgIpc) is 3.07. The van der Waals surface area contributed by atoms with Gasteiger partial charge in [0.2, 0.25) is 10.0 Å². The van der Waals surface area contributed by atoms with Crippen LogP contribution in [-0.2, 0) is 14.8 Å². The first-order valence-electron chi connectivity index (χ1n) is 8.02. The Hall–Kier alpha value is -0.470. The molecule has 0 bridgehead atoms. The van der Waals surface area contributed by atoms with E-state index in [-0.39, 0.29) is 0 Å². The summed E-state index contributed by atoms with van der Waals surface area (Å²) in [6.45, 7) is 2.01. The highest BCUT2D eigenvalue weighted by atomic mass is 32.2. The zero-order chi connectivity index (χ0) is 15.2. The minimum Gasteiger partial charge on any atom is -0.377 e. The maximum absolute atomic E-state index is 12.1. The molecule has 3 atom stereocenters. The first-order valence-corrected chi connectivity index (χ1v) is 10.4. The predicted molar refractivity (Wildman–Crippen MR) is 85.4 cm³/mol. The molecule has 3 fully saturated rings. The Labute approximate surface area is 135 Å². The van der Waals surface area contributed by atoms with Crippen LogP contribution in [0.1, 0.15) is 25.7 Å². The molecule has 0 unspecified atom stereocenters. The fraction of sp³-hybridized carbons (Fsp3) is 0.733. The zero-order valence-corrected chi connectivity index (χ0v) is 14.1. The summed E-state index contributed by atoms with van der Waals surface area (Å²) in [5.41, 5.74) is 0.355. The van der Waals surface area contributed by atoms with E-state index >= 15 is 0 Å². The standard InChI is InChI=1S/C15H22N2O3S2/c18-22(19,12-3-1-10-21-12)17-8-7-16-13-11-4-9-20-14(11)15(13)5-2-6-15/h1,3,10-11,13-14,16-17H,2,4-9H2/t11-,13+,14+/m0/s1. The van der Waals surface area contributed by atoms with Gasteiger partial charge in [-0.1, -0.05) is 12.5 Å². The molecule has 122 valence electrons. The first-order chi connectivity index (χ1) is 10.6. The lowest BCUT2D eigenvalue weighted by atomic mass is 9.46. The third-order valence-corrected chi connectivity index (χ3v) is 8.44. The van der Waals surface area contributed by atoms with E-state index in [4.69, 9.17) is 4.74 Å². The number of sulfonamides is 1. The van der Waals surface area contributed by atoms with E-state index in [1.54, 1.807) is 17.5 Å². The summed E-state index contributed by atoms with van der Waals surface area (Å²) in [5, 5.41) is 5.38. The molecule has 2 heterocycles. The summed E-state index contributed by atoms with van der Waals surface area (Å²) in [5.74, 6) is 0.634. The van der Waals surface area contributed by atoms with Gasteiger partial charge in [0.25, 0.3) is 0 Å². The fourth-order valence-electron chi connectivity index (χ4n) is 4.46. The Balaban J connectivity index is 1.29. The molecule has 2 N–H and O–H groups in total. The van der Waals surface area contributed by atoms with Gasteiger partial charge in [-0.05, 0) is 30.7 Å². The van der Waals surface area contributed by atoms with Crippen LogP contribution in [0.3, 0.4) is 0 Å². The van der Waals surface area contributed by atoms with Gasteiger partial charge in [0.15, 0.2) is 0 Å². The SMILES string of the molecule is O=S(=O)(NCCN[C@@H]1[C@@H]2CCO[C@H]2C12CCC2)c1cccs1. The van der Waals surface area contributed by atoms with Gasteiger partial charge in [0, 0.05) is 37.1 Å². The number of rotatable bonds is 6. The summed E-state index contributed by atoms with van der Waals surface area (Å²) >= 11 is 1.25. The molecular weight excluding hydrogens is 320 g/mol. The smallest absolute Gasteiger partial charge is 0.250 e. The highest BCUT2D eigenvalue weighted by molar-refractivity contribution is 7.91. The van der Waals surface area contributed by atoms with E-state index in [1.807, 2.05) is 0 Å². The summed E-state index contributed by atoms with van der Waals surface area (Å²) in [4.78, 5) is 0. The van der Waals surface area contributed by atoms with E-state index in [1.165, 1.54) is 30.6 Å². The lowest BCUT2D eigenvalue weighted by molar-refractivity contribution is -0.175. The van der Waals surface area contributed by atoms with E-state index in [9.17, 15) is 8.42 Å². The molecule has 2 aliphatic carbocycles. The number of hydrogen-bond acceptors (Lipinski definition) is 5. The summed E-state index contributed by atoms with van der Waals surface area (Å²) in [6.07, 6.45) is 5.42. The summed E-state index contributed by atoms with van der Waals surface area (Å²) in [6, 6.07) is 3.91. The van der Waals surface area contributed by atoms with Gasteiger partial charge in [-0.3, -0.25) is 0 Å². The molecule has 1 saturated heterocycles. The number of thiophene rings is 1. The summed E-state index contributed by atoms with van der Waals surface area (Å²) < 4.78 is 33.1. The van der Waals surface area contributed by atoms with Crippen molar-refractivity contribution in [3.63, 3.8) is 0 Å². The van der Waals surface area contributed by atoms with Crippen molar-refractivity contribution in [3.05, 3.63) is 17.5 Å². The van der Waals surface area contributed by atoms with E-state index in [0.717, 1.165) is 13.0 Å². The van der Waals surface area contributed by atoms with Gasteiger partial charge >= 0.3 is 0 Å². The maximum Gasteiger partial charge on any atom is 0.250 e. The fourth-order valence-corrected chi connectivity index (χ4v) is 6.53. The van der Waals surface area contributed by atoms with Gasteiger partial charge in [0.1, 0.15) is 4.21 Å². The summed E-state index contributed by atoms with van der Waals surface area (Å²) in [7, 11) is -3.34. The molecule has 1 aliphatic heterocycles. The Kier molecular flexibility index (Phi) is 3.81. The molecule has 0 radical (unpaired) electrons. The second kappa shape index (κ2) is 5.56. The average molecular weight is 342 g/mol. The van der Waals surface area contributed by atoms with Gasteiger partial charge in [-0.25, -0.2) is 13.1 Å². The van der Waals surface area contributed by atoms with Gasteiger partial charge in [0.05, 0.1) is 6.10 Å². The quantitative estimate of drug-likeness (QED) is 0.770. The Bertz CT molecular complexity index is 625. The molecule has 3 aliphatic rings. The van der Waals surface area contributed by atoms with Crippen molar-refractivity contribution < 1.29 is 13.2 Å². The Morgan fingerprint density at radius 1 is 1.36 bits per heavy atom. The second-order valence-electron chi connectivity index (χ2n) is 6.59. The minimum atomic E-state index is -3.34. The van der Waals surface area contributed by atoms with Crippen molar-refractivity contribution in [2.24, 2.45) is 11.3 Å². The lowest BCUT2D eigenvalue weighted by Gasteiger charge is -2.63. The molecule has 1 aromatic heterocycles. The molecule has 1 spiro atoms. The molecule has 2 saturated carbocycles. The third kappa shape index (κ3) is 2.26. The van der Waals surface area contributed by atoms with Gasteiger partial charge in [-0.15, -0.1) is 11.3 Å². The van der Waals surface area contributed by atoms with Gasteiger partial charge < -0.3 is 10.1 Å². The van der Waals surface area contributed by atoms with E-state index in [0.29, 0.717) is 40.8 Å². The monoisotopic (exact) mass is 342 g/mol. The minimum absolute atomic E-state index is 0.355. The molecule has 4 rings (SSSR count). The van der Waals surface area contributed by atoms with E-state index < -0.39 is 10.0 Å². The van der Waals surface area contributed by atoms with Crippen molar-refractivity contribution in [3.8, 4) is 0 Å². The molecule has 7 heteroatoms. The Morgan fingerprint density at radius 2 is 2.23 bits per heavy atom. The van der Waals surface area contributed by atoms with Crippen LogP contribution >= 0.6 is 11.3 Å². The van der Waals surface area contributed by atoms with Crippen molar-refractivity contribution >= 4 is 21.4 Å². The van der Waals surface area contributed by atoms with Crippen molar-refractivity contribution in [1.82, 2.24) is 10.0 Å². The highest BCUT2D eigenvalue weighted by Gasteiger charge is 2.66. The van der Waals surface area contributed by atoms with Crippen molar-refractivity contribution in [2.45, 2.75) is 42.0 Å². The maximum atomic E-state index is 12.1. The Morgan fingerprint density at radius 3 is 2.91 bits per heavy atom. The predicted octanol–water partition coefficient (Wildman–Crippen LogP) is 1.57. The van der Waals surface area contributed by atoms with Crippen LogP contribution in [0.4, 0.5) is 0 Å².